The Morgan fingerprint density at radius 3 is 2.42 bits per heavy atom. The fourth-order valence-corrected chi connectivity index (χ4v) is 2.49. The highest BCUT2D eigenvalue weighted by atomic mass is 35.7. The Labute approximate surface area is 115 Å². The molecule has 0 fully saturated rings. The van der Waals surface area contributed by atoms with Crippen molar-refractivity contribution in [3.8, 4) is 5.75 Å². The van der Waals surface area contributed by atoms with Crippen molar-refractivity contribution in [2.75, 3.05) is 6.61 Å². The minimum atomic E-state index is -4.12. The summed E-state index contributed by atoms with van der Waals surface area (Å²) in [7, 11) is 1.18. The second-order valence-corrected chi connectivity index (χ2v) is 7.02. The second kappa shape index (κ2) is 5.75. The highest BCUT2D eigenvalue weighted by Crippen LogP contribution is 2.34. The van der Waals surface area contributed by atoms with Gasteiger partial charge < -0.3 is 4.74 Å². The van der Waals surface area contributed by atoms with Crippen LogP contribution in [0.1, 0.15) is 19.4 Å². The molecule has 106 valence electrons. The Morgan fingerprint density at radius 1 is 1.42 bits per heavy atom. The molecule has 1 aromatic rings. The highest BCUT2D eigenvalue weighted by Gasteiger charge is 2.24. The van der Waals surface area contributed by atoms with Crippen molar-refractivity contribution < 1.29 is 18.1 Å². The van der Waals surface area contributed by atoms with Crippen LogP contribution in [0.5, 0.6) is 5.75 Å². The van der Waals surface area contributed by atoms with Crippen LogP contribution in [-0.4, -0.2) is 19.9 Å². The van der Waals surface area contributed by atoms with Gasteiger partial charge in [-0.15, -0.1) is 0 Å². The predicted molar refractivity (Wildman–Crippen MR) is 71.2 cm³/mol. The summed E-state index contributed by atoms with van der Waals surface area (Å²) in [5.74, 6) is 0.245. The van der Waals surface area contributed by atoms with E-state index in [0.29, 0.717) is 5.56 Å². The van der Waals surface area contributed by atoms with Gasteiger partial charge in [-0.1, -0.05) is 13.8 Å². The Balaban J connectivity index is 3.40. The lowest BCUT2D eigenvalue weighted by atomic mass is 10.2. The minimum Gasteiger partial charge on any atom is -0.492 e. The van der Waals surface area contributed by atoms with Gasteiger partial charge >= 0.3 is 0 Å². The number of benzene rings is 1. The van der Waals surface area contributed by atoms with Gasteiger partial charge in [0.2, 0.25) is 0 Å². The molecule has 8 heteroatoms. The van der Waals surface area contributed by atoms with Crippen LogP contribution < -0.4 is 4.74 Å². The molecule has 0 aliphatic rings. The number of nitrogens with zero attached hydrogens (tertiary/aromatic N) is 1. The van der Waals surface area contributed by atoms with Crippen molar-refractivity contribution in [2.45, 2.75) is 25.7 Å². The fourth-order valence-electron chi connectivity index (χ4n) is 1.44. The van der Waals surface area contributed by atoms with E-state index in [1.165, 1.54) is 13.0 Å². The van der Waals surface area contributed by atoms with Gasteiger partial charge in [0.15, 0.2) is 0 Å². The third kappa shape index (κ3) is 4.07. The predicted octanol–water partition coefficient (Wildman–Crippen LogP) is 2.87. The molecule has 0 bridgehead atoms. The average Bonchev–Trinajstić information content (AvgIpc) is 2.24. The van der Waals surface area contributed by atoms with Crippen LogP contribution in [0.15, 0.2) is 17.0 Å². The normalized spacial score (nSPS) is 11.6. The summed E-state index contributed by atoms with van der Waals surface area (Å²) >= 11 is 0. The highest BCUT2D eigenvalue weighted by molar-refractivity contribution is 8.13. The molecule has 0 saturated heterocycles. The third-order valence-corrected chi connectivity index (χ3v) is 3.59. The average molecular weight is 308 g/mol. The number of hydrogen-bond acceptors (Lipinski definition) is 5. The zero-order chi connectivity index (χ0) is 14.8. The molecule has 0 aliphatic heterocycles. The fraction of sp³-hybridized carbons (Fsp3) is 0.455. The Hall–Kier alpha value is -1.34. The van der Waals surface area contributed by atoms with Gasteiger partial charge in [0.05, 0.1) is 11.5 Å². The molecule has 0 heterocycles. The lowest BCUT2D eigenvalue weighted by Crippen LogP contribution is -2.09. The first-order valence-corrected chi connectivity index (χ1v) is 7.80. The molecule has 1 rings (SSSR count). The quantitative estimate of drug-likeness (QED) is 0.474. The number of hydrogen-bond donors (Lipinski definition) is 0. The number of ether oxygens (including phenoxy) is 1. The minimum absolute atomic E-state index is 0.0642. The van der Waals surface area contributed by atoms with Crippen molar-refractivity contribution in [1.82, 2.24) is 0 Å². The first-order chi connectivity index (χ1) is 8.62. The second-order valence-electron chi connectivity index (χ2n) is 4.49. The summed E-state index contributed by atoms with van der Waals surface area (Å²) in [5, 5.41) is 10.7. The maximum absolute atomic E-state index is 11.5. The molecule has 0 N–H and O–H groups in total. The number of halogens is 1. The molecule has 1 aromatic carbocycles. The van der Waals surface area contributed by atoms with E-state index < -0.39 is 14.0 Å². The monoisotopic (exact) mass is 307 g/mol. The van der Waals surface area contributed by atoms with Crippen LogP contribution in [0.2, 0.25) is 0 Å². The summed E-state index contributed by atoms with van der Waals surface area (Å²) in [6.07, 6.45) is 0. The van der Waals surface area contributed by atoms with Crippen molar-refractivity contribution in [3.63, 3.8) is 0 Å². The van der Waals surface area contributed by atoms with Crippen molar-refractivity contribution in [2.24, 2.45) is 5.92 Å². The SMILES string of the molecule is Cc1cc([N+](=O)[O-])cc(S(=O)(=O)Cl)c1OCC(C)C. The maximum atomic E-state index is 11.5. The molecule has 0 aliphatic carbocycles. The summed E-state index contributed by atoms with van der Waals surface area (Å²) in [4.78, 5) is 9.69. The molecule has 0 spiro atoms. The van der Waals surface area contributed by atoms with E-state index in [0.717, 1.165) is 6.07 Å². The van der Waals surface area contributed by atoms with Crippen LogP contribution in [0.4, 0.5) is 5.69 Å². The van der Waals surface area contributed by atoms with E-state index in [4.69, 9.17) is 15.4 Å². The number of rotatable bonds is 5. The Kier molecular flexibility index (Phi) is 4.75. The zero-order valence-corrected chi connectivity index (χ0v) is 12.3. The number of nitro benzene ring substituents is 1. The van der Waals surface area contributed by atoms with E-state index in [-0.39, 0.29) is 28.9 Å². The smallest absolute Gasteiger partial charge is 0.271 e. The van der Waals surface area contributed by atoms with E-state index in [1.54, 1.807) is 0 Å². The van der Waals surface area contributed by atoms with Gasteiger partial charge in [-0.05, 0) is 18.4 Å². The van der Waals surface area contributed by atoms with Gasteiger partial charge in [-0.2, -0.15) is 0 Å². The molecular formula is C11H14ClNO5S. The van der Waals surface area contributed by atoms with Gasteiger partial charge in [-0.3, -0.25) is 10.1 Å². The summed E-state index contributed by atoms with van der Waals surface area (Å²) in [5.41, 5.74) is 0.0164. The van der Waals surface area contributed by atoms with Crippen LogP contribution >= 0.6 is 10.7 Å². The van der Waals surface area contributed by atoms with Crippen LogP contribution in [0.3, 0.4) is 0 Å². The lowest BCUT2D eigenvalue weighted by Gasteiger charge is -2.14. The van der Waals surface area contributed by atoms with Gasteiger partial charge in [0.25, 0.3) is 14.7 Å². The van der Waals surface area contributed by atoms with Gasteiger partial charge in [0, 0.05) is 22.8 Å². The Morgan fingerprint density at radius 2 is 2.00 bits per heavy atom. The van der Waals surface area contributed by atoms with E-state index in [1.807, 2.05) is 13.8 Å². The first-order valence-electron chi connectivity index (χ1n) is 5.49. The molecule has 0 atom stereocenters. The summed E-state index contributed by atoms with van der Waals surface area (Å²) in [6, 6.07) is 2.16. The molecular weight excluding hydrogens is 294 g/mol. The molecule has 0 amide bonds. The van der Waals surface area contributed by atoms with Crippen LogP contribution in [0, 0.1) is 23.0 Å². The molecule has 6 nitrogen and oxygen atoms in total. The lowest BCUT2D eigenvalue weighted by molar-refractivity contribution is -0.385. The van der Waals surface area contributed by atoms with Crippen LogP contribution in [-0.2, 0) is 9.05 Å². The van der Waals surface area contributed by atoms with Gasteiger partial charge in [-0.25, -0.2) is 8.42 Å². The third-order valence-electron chi connectivity index (χ3n) is 2.26. The number of nitro groups is 1. The van der Waals surface area contributed by atoms with Gasteiger partial charge in [0.1, 0.15) is 10.6 Å². The van der Waals surface area contributed by atoms with Crippen molar-refractivity contribution in [3.05, 3.63) is 27.8 Å². The zero-order valence-electron chi connectivity index (χ0n) is 10.7. The molecule has 0 aromatic heterocycles. The van der Waals surface area contributed by atoms with Crippen molar-refractivity contribution >= 4 is 25.4 Å². The standard InChI is InChI=1S/C11H14ClNO5S/c1-7(2)6-18-11-8(3)4-9(13(14)15)5-10(11)19(12,16)17/h4-5,7H,6H2,1-3H3. The maximum Gasteiger partial charge on any atom is 0.271 e. The van der Waals surface area contributed by atoms with Crippen LogP contribution in [0.25, 0.3) is 0 Å². The summed E-state index contributed by atoms with van der Waals surface area (Å²) in [6.45, 7) is 5.62. The largest absolute Gasteiger partial charge is 0.492 e. The Bertz CT molecular complexity index is 597. The summed E-state index contributed by atoms with van der Waals surface area (Å²) < 4.78 is 28.4. The van der Waals surface area contributed by atoms with E-state index >= 15 is 0 Å². The van der Waals surface area contributed by atoms with E-state index in [2.05, 4.69) is 0 Å². The molecule has 0 saturated carbocycles. The molecule has 0 radical (unpaired) electrons. The number of non-ortho nitro benzene ring substituents is 1. The molecule has 19 heavy (non-hydrogen) atoms. The number of aryl methyl sites for hydroxylation is 1. The molecule has 0 unspecified atom stereocenters. The van der Waals surface area contributed by atoms with Crippen molar-refractivity contribution in [1.29, 1.82) is 0 Å². The topological polar surface area (TPSA) is 86.5 Å². The first kappa shape index (κ1) is 15.7. The van der Waals surface area contributed by atoms with E-state index in [9.17, 15) is 18.5 Å².